The molecular formula is C15H16BrNOS. The molecule has 2 heterocycles. The molecule has 0 bridgehead atoms. The molecule has 1 aromatic carbocycles. The SMILES string of the molecule is NC(Cc1ccsc1)Cc1cc(Br)cc2c1OCC2. The van der Waals surface area contributed by atoms with E-state index in [-0.39, 0.29) is 6.04 Å². The second-order valence-corrected chi connectivity index (χ2v) is 6.65. The Bertz CT molecular complexity index is 568. The van der Waals surface area contributed by atoms with E-state index in [4.69, 9.17) is 10.5 Å². The first kappa shape index (κ1) is 13.2. The normalized spacial score (nSPS) is 15.1. The van der Waals surface area contributed by atoms with Gasteiger partial charge in [-0.25, -0.2) is 0 Å². The predicted molar refractivity (Wildman–Crippen MR) is 83.0 cm³/mol. The molecule has 0 saturated carbocycles. The van der Waals surface area contributed by atoms with Crippen molar-refractivity contribution in [3.8, 4) is 5.75 Å². The molecule has 1 atom stereocenters. The molecule has 19 heavy (non-hydrogen) atoms. The largest absolute Gasteiger partial charge is 0.493 e. The minimum Gasteiger partial charge on any atom is -0.493 e. The third-order valence-electron chi connectivity index (χ3n) is 3.39. The lowest BCUT2D eigenvalue weighted by Gasteiger charge is -2.14. The molecular weight excluding hydrogens is 322 g/mol. The fourth-order valence-corrected chi connectivity index (χ4v) is 3.80. The summed E-state index contributed by atoms with van der Waals surface area (Å²) in [6.45, 7) is 0.790. The standard InChI is InChI=1S/C15H16BrNOS/c16-13-6-11-1-3-18-15(11)12(7-13)8-14(17)5-10-2-4-19-9-10/h2,4,6-7,9,14H,1,3,5,8,17H2. The van der Waals surface area contributed by atoms with Gasteiger partial charge in [0.05, 0.1) is 6.61 Å². The van der Waals surface area contributed by atoms with E-state index in [1.807, 2.05) is 0 Å². The zero-order chi connectivity index (χ0) is 13.2. The molecule has 0 spiro atoms. The minimum atomic E-state index is 0.136. The Morgan fingerprint density at radius 1 is 1.37 bits per heavy atom. The molecule has 0 radical (unpaired) electrons. The average Bonchev–Trinajstić information content (AvgIpc) is 2.99. The zero-order valence-electron chi connectivity index (χ0n) is 10.6. The summed E-state index contributed by atoms with van der Waals surface area (Å²) >= 11 is 5.29. The van der Waals surface area contributed by atoms with Gasteiger partial charge in [0.15, 0.2) is 0 Å². The molecule has 4 heteroatoms. The summed E-state index contributed by atoms with van der Waals surface area (Å²) in [7, 11) is 0. The molecule has 2 N–H and O–H groups in total. The molecule has 1 aliphatic heterocycles. The Kier molecular flexibility index (Phi) is 3.91. The summed E-state index contributed by atoms with van der Waals surface area (Å²) in [6.07, 6.45) is 2.78. The molecule has 0 amide bonds. The van der Waals surface area contributed by atoms with Crippen LogP contribution in [0.2, 0.25) is 0 Å². The highest BCUT2D eigenvalue weighted by molar-refractivity contribution is 9.10. The van der Waals surface area contributed by atoms with Gasteiger partial charge in [-0.1, -0.05) is 15.9 Å². The van der Waals surface area contributed by atoms with Gasteiger partial charge in [0.25, 0.3) is 0 Å². The molecule has 2 nitrogen and oxygen atoms in total. The van der Waals surface area contributed by atoms with Crippen molar-refractivity contribution in [3.05, 3.63) is 50.1 Å². The lowest BCUT2D eigenvalue weighted by atomic mass is 9.98. The van der Waals surface area contributed by atoms with E-state index in [1.165, 1.54) is 16.7 Å². The number of hydrogen-bond donors (Lipinski definition) is 1. The number of hydrogen-bond acceptors (Lipinski definition) is 3. The summed E-state index contributed by atoms with van der Waals surface area (Å²) in [5.74, 6) is 1.06. The van der Waals surface area contributed by atoms with Crippen molar-refractivity contribution in [2.45, 2.75) is 25.3 Å². The summed E-state index contributed by atoms with van der Waals surface area (Å²) in [5, 5.41) is 4.27. The lowest BCUT2D eigenvalue weighted by molar-refractivity contribution is 0.352. The molecule has 1 aromatic heterocycles. The Hall–Kier alpha value is -0.840. The maximum absolute atomic E-state index is 6.27. The number of ether oxygens (including phenoxy) is 1. The fourth-order valence-electron chi connectivity index (χ4n) is 2.56. The van der Waals surface area contributed by atoms with E-state index in [9.17, 15) is 0 Å². The van der Waals surface area contributed by atoms with Crippen LogP contribution in [0.25, 0.3) is 0 Å². The van der Waals surface area contributed by atoms with Crippen LogP contribution in [0.4, 0.5) is 0 Å². The third-order valence-corrected chi connectivity index (χ3v) is 4.58. The van der Waals surface area contributed by atoms with Gasteiger partial charge in [-0.15, -0.1) is 0 Å². The topological polar surface area (TPSA) is 35.2 Å². The van der Waals surface area contributed by atoms with Crippen molar-refractivity contribution in [2.24, 2.45) is 5.73 Å². The van der Waals surface area contributed by atoms with Gasteiger partial charge < -0.3 is 10.5 Å². The fraction of sp³-hybridized carbons (Fsp3) is 0.333. The van der Waals surface area contributed by atoms with Crippen LogP contribution in [-0.2, 0) is 19.3 Å². The summed E-state index contributed by atoms with van der Waals surface area (Å²) < 4.78 is 6.87. The van der Waals surface area contributed by atoms with Gasteiger partial charge in [0.2, 0.25) is 0 Å². The minimum absolute atomic E-state index is 0.136. The second-order valence-electron chi connectivity index (χ2n) is 4.95. The van der Waals surface area contributed by atoms with Crippen LogP contribution in [0.15, 0.2) is 33.4 Å². The second kappa shape index (κ2) is 5.65. The van der Waals surface area contributed by atoms with Crippen molar-refractivity contribution in [3.63, 3.8) is 0 Å². The maximum atomic E-state index is 6.27. The van der Waals surface area contributed by atoms with Crippen LogP contribution in [0.1, 0.15) is 16.7 Å². The number of thiophene rings is 1. The van der Waals surface area contributed by atoms with Gasteiger partial charge >= 0.3 is 0 Å². The van der Waals surface area contributed by atoms with Gasteiger partial charge in [-0.05, 0) is 58.5 Å². The molecule has 1 unspecified atom stereocenters. The molecule has 3 rings (SSSR count). The number of fused-ring (bicyclic) bond motifs is 1. The van der Waals surface area contributed by atoms with Gasteiger partial charge in [0, 0.05) is 16.9 Å². The first-order chi connectivity index (χ1) is 9.22. The number of nitrogens with two attached hydrogens (primary N) is 1. The highest BCUT2D eigenvalue weighted by Crippen LogP contribution is 2.33. The van der Waals surface area contributed by atoms with E-state index in [0.717, 1.165) is 36.1 Å². The molecule has 0 fully saturated rings. The van der Waals surface area contributed by atoms with E-state index in [0.29, 0.717) is 0 Å². The van der Waals surface area contributed by atoms with Gasteiger partial charge in [0.1, 0.15) is 5.75 Å². The number of halogens is 1. The van der Waals surface area contributed by atoms with E-state index in [2.05, 4.69) is 44.9 Å². The van der Waals surface area contributed by atoms with Crippen LogP contribution < -0.4 is 10.5 Å². The summed E-state index contributed by atoms with van der Waals surface area (Å²) in [5.41, 5.74) is 10.1. The lowest BCUT2D eigenvalue weighted by Crippen LogP contribution is -2.25. The van der Waals surface area contributed by atoms with Crippen LogP contribution >= 0.6 is 27.3 Å². The monoisotopic (exact) mass is 337 g/mol. The van der Waals surface area contributed by atoms with Crippen LogP contribution in [0.3, 0.4) is 0 Å². The van der Waals surface area contributed by atoms with Gasteiger partial charge in [-0.2, -0.15) is 11.3 Å². The van der Waals surface area contributed by atoms with Crippen LogP contribution in [0, 0.1) is 0 Å². The highest BCUT2D eigenvalue weighted by Gasteiger charge is 2.19. The van der Waals surface area contributed by atoms with Crippen molar-refractivity contribution in [1.82, 2.24) is 0 Å². The van der Waals surface area contributed by atoms with Crippen molar-refractivity contribution in [1.29, 1.82) is 0 Å². The smallest absolute Gasteiger partial charge is 0.125 e. The van der Waals surface area contributed by atoms with Crippen molar-refractivity contribution >= 4 is 27.3 Å². The third kappa shape index (κ3) is 3.02. The first-order valence-corrected chi connectivity index (χ1v) is 8.16. The Morgan fingerprint density at radius 2 is 2.26 bits per heavy atom. The number of benzene rings is 1. The van der Waals surface area contributed by atoms with Crippen molar-refractivity contribution < 1.29 is 4.74 Å². The van der Waals surface area contributed by atoms with E-state index < -0.39 is 0 Å². The Labute approximate surface area is 125 Å². The molecule has 1 aliphatic rings. The first-order valence-electron chi connectivity index (χ1n) is 6.43. The Balaban J connectivity index is 1.76. The molecule has 0 aliphatic carbocycles. The maximum Gasteiger partial charge on any atom is 0.125 e. The van der Waals surface area contributed by atoms with Crippen molar-refractivity contribution in [2.75, 3.05) is 6.61 Å². The summed E-state index contributed by atoms with van der Waals surface area (Å²) in [6, 6.07) is 6.57. The van der Waals surface area contributed by atoms with E-state index in [1.54, 1.807) is 11.3 Å². The zero-order valence-corrected chi connectivity index (χ0v) is 13.0. The quantitative estimate of drug-likeness (QED) is 0.925. The van der Waals surface area contributed by atoms with Crippen LogP contribution in [-0.4, -0.2) is 12.6 Å². The highest BCUT2D eigenvalue weighted by atomic mass is 79.9. The van der Waals surface area contributed by atoms with Gasteiger partial charge in [-0.3, -0.25) is 0 Å². The predicted octanol–water partition coefficient (Wildman–Crippen LogP) is 3.56. The average molecular weight is 338 g/mol. The summed E-state index contributed by atoms with van der Waals surface area (Å²) in [4.78, 5) is 0. The van der Waals surface area contributed by atoms with E-state index >= 15 is 0 Å². The molecule has 100 valence electrons. The van der Waals surface area contributed by atoms with Crippen LogP contribution in [0.5, 0.6) is 5.75 Å². The Morgan fingerprint density at radius 3 is 3.05 bits per heavy atom. The molecule has 0 saturated heterocycles. The molecule has 2 aromatic rings. The number of rotatable bonds is 4.